The van der Waals surface area contributed by atoms with Crippen LogP contribution in [0.3, 0.4) is 0 Å². The van der Waals surface area contributed by atoms with E-state index in [2.05, 4.69) is 15.3 Å². The molecule has 4 heterocycles. The Kier molecular flexibility index (Phi) is 6.29. The molecule has 0 radical (unpaired) electrons. The molecule has 3 amide bonds. The van der Waals surface area contributed by atoms with Crippen molar-refractivity contribution in [3.05, 3.63) is 58.0 Å². The van der Waals surface area contributed by atoms with Gasteiger partial charge in [-0.3, -0.25) is 19.1 Å². The van der Waals surface area contributed by atoms with E-state index in [0.717, 1.165) is 10.6 Å². The molecule has 3 aromatic rings. The molecule has 1 aliphatic rings. The van der Waals surface area contributed by atoms with E-state index < -0.39 is 63.9 Å². The molecule has 0 spiro atoms. The van der Waals surface area contributed by atoms with E-state index in [-0.39, 0.29) is 24.6 Å². The summed E-state index contributed by atoms with van der Waals surface area (Å²) in [7, 11) is 0. The Morgan fingerprint density at radius 1 is 1.16 bits per heavy atom. The smallest absolute Gasteiger partial charge is 0.343 e. The first-order chi connectivity index (χ1) is 17.2. The molecule has 4 rings (SSSR count). The number of urea groups is 1. The lowest BCUT2D eigenvalue weighted by molar-refractivity contribution is -0.290. The number of hydrogen-bond acceptors (Lipinski definition) is 5. The van der Waals surface area contributed by atoms with E-state index in [9.17, 15) is 45.1 Å². The third-order valence-corrected chi connectivity index (χ3v) is 5.50. The highest BCUT2D eigenvalue weighted by molar-refractivity contribution is 5.98. The molecule has 1 saturated heterocycles. The van der Waals surface area contributed by atoms with E-state index >= 15 is 0 Å². The molecule has 0 saturated carbocycles. The quantitative estimate of drug-likeness (QED) is 0.492. The summed E-state index contributed by atoms with van der Waals surface area (Å²) in [5, 5.41) is 3.57. The van der Waals surface area contributed by atoms with Crippen LogP contribution in [0.2, 0.25) is 0 Å². The van der Waals surface area contributed by atoms with Crippen molar-refractivity contribution in [2.24, 2.45) is 0 Å². The standard InChI is InChI=1S/C21H15F7N6O3/c1-9(20(24,25)21(26,27)28)31-18(36)12-8-34(17-13(23)6-10(22)7-30-17)16-11(15(12)35)2-3-14(32-16)33-5-4-29-19(33)37/h2-3,6-9H,4-5H2,1H3,(H,29,37)(H,31,36). The summed E-state index contributed by atoms with van der Waals surface area (Å²) in [4.78, 5) is 46.6. The molecule has 1 atom stereocenters. The molecule has 1 fully saturated rings. The van der Waals surface area contributed by atoms with Crippen molar-refractivity contribution in [2.75, 3.05) is 18.0 Å². The zero-order valence-corrected chi connectivity index (χ0v) is 18.5. The number of hydrogen-bond donors (Lipinski definition) is 2. The summed E-state index contributed by atoms with van der Waals surface area (Å²) < 4.78 is 94.2. The Bertz CT molecular complexity index is 1470. The van der Waals surface area contributed by atoms with Crippen LogP contribution in [0, 0.1) is 11.6 Å². The van der Waals surface area contributed by atoms with Crippen LogP contribution in [0.15, 0.2) is 35.4 Å². The zero-order chi connectivity index (χ0) is 27.3. The van der Waals surface area contributed by atoms with Crippen LogP contribution in [-0.2, 0) is 0 Å². The van der Waals surface area contributed by atoms with Crippen molar-refractivity contribution in [2.45, 2.75) is 25.1 Å². The zero-order valence-electron chi connectivity index (χ0n) is 18.5. The SMILES string of the molecule is CC(NC(=O)c1cn(-c2ncc(F)cc2F)c2nc(N3CCNC3=O)ccc2c1=O)C(F)(F)C(F)(F)F. The van der Waals surface area contributed by atoms with Crippen molar-refractivity contribution in [1.82, 2.24) is 25.2 Å². The number of halogens is 7. The van der Waals surface area contributed by atoms with E-state index in [0.29, 0.717) is 25.4 Å². The number of alkyl halides is 5. The Morgan fingerprint density at radius 2 is 1.86 bits per heavy atom. The molecule has 2 N–H and O–H groups in total. The fraction of sp³-hybridized carbons (Fsp3) is 0.286. The molecular weight excluding hydrogens is 517 g/mol. The number of fused-ring (bicyclic) bond motifs is 1. The van der Waals surface area contributed by atoms with E-state index in [1.807, 2.05) is 0 Å². The normalized spacial score (nSPS) is 15.1. The van der Waals surface area contributed by atoms with Gasteiger partial charge >= 0.3 is 18.1 Å². The van der Waals surface area contributed by atoms with Gasteiger partial charge < -0.3 is 10.6 Å². The predicted octanol–water partition coefficient (Wildman–Crippen LogP) is 2.90. The molecule has 37 heavy (non-hydrogen) atoms. The highest BCUT2D eigenvalue weighted by Gasteiger charge is 2.61. The Balaban J connectivity index is 1.89. The lowest BCUT2D eigenvalue weighted by Crippen LogP contribution is -2.54. The highest BCUT2D eigenvalue weighted by atomic mass is 19.4. The van der Waals surface area contributed by atoms with Gasteiger partial charge in [-0.2, -0.15) is 22.0 Å². The number of rotatable bonds is 5. The number of carbonyl (C=O) groups is 2. The second kappa shape index (κ2) is 9.01. The molecule has 1 aliphatic heterocycles. The largest absolute Gasteiger partial charge is 0.455 e. The van der Waals surface area contributed by atoms with E-state index in [4.69, 9.17) is 0 Å². The summed E-state index contributed by atoms with van der Waals surface area (Å²) in [6.45, 7) is 0.858. The molecule has 16 heteroatoms. The molecule has 0 aromatic carbocycles. The fourth-order valence-corrected chi connectivity index (χ4v) is 3.55. The molecule has 0 bridgehead atoms. The first-order valence-corrected chi connectivity index (χ1v) is 10.4. The van der Waals surface area contributed by atoms with Gasteiger partial charge in [-0.05, 0) is 19.1 Å². The maximum Gasteiger partial charge on any atom is 0.455 e. The van der Waals surface area contributed by atoms with Gasteiger partial charge in [-0.1, -0.05) is 0 Å². The molecule has 1 unspecified atom stereocenters. The van der Waals surface area contributed by atoms with Gasteiger partial charge in [-0.15, -0.1) is 0 Å². The average molecular weight is 532 g/mol. The number of anilines is 1. The fourth-order valence-electron chi connectivity index (χ4n) is 3.55. The Labute approximate surface area is 201 Å². The summed E-state index contributed by atoms with van der Waals surface area (Å²) in [5.41, 5.74) is -2.44. The van der Waals surface area contributed by atoms with Crippen molar-refractivity contribution in [1.29, 1.82) is 0 Å². The molecule has 0 aliphatic carbocycles. The van der Waals surface area contributed by atoms with Gasteiger partial charge in [0.15, 0.2) is 17.3 Å². The topological polar surface area (TPSA) is 109 Å². The molecule has 196 valence electrons. The minimum Gasteiger partial charge on any atom is -0.343 e. The molecule has 9 nitrogen and oxygen atoms in total. The lowest BCUT2D eigenvalue weighted by atomic mass is 10.1. The van der Waals surface area contributed by atoms with Gasteiger partial charge in [0.2, 0.25) is 5.43 Å². The summed E-state index contributed by atoms with van der Waals surface area (Å²) >= 11 is 0. The lowest BCUT2D eigenvalue weighted by Gasteiger charge is -2.26. The first kappa shape index (κ1) is 25.8. The number of amides is 3. The van der Waals surface area contributed by atoms with Gasteiger partial charge in [-0.25, -0.2) is 23.5 Å². The number of pyridine rings is 3. The van der Waals surface area contributed by atoms with Crippen LogP contribution < -0.4 is 21.0 Å². The van der Waals surface area contributed by atoms with Crippen LogP contribution in [0.1, 0.15) is 17.3 Å². The summed E-state index contributed by atoms with van der Waals surface area (Å²) in [6, 6.07) is -0.555. The van der Waals surface area contributed by atoms with Gasteiger partial charge in [0.05, 0.1) is 17.6 Å². The minimum atomic E-state index is -5.99. The molecule has 3 aromatic heterocycles. The highest BCUT2D eigenvalue weighted by Crippen LogP contribution is 2.38. The second-order valence-corrected chi connectivity index (χ2v) is 7.94. The van der Waals surface area contributed by atoms with Crippen LogP contribution in [0.4, 0.5) is 41.3 Å². The predicted molar refractivity (Wildman–Crippen MR) is 114 cm³/mol. The van der Waals surface area contributed by atoms with Crippen molar-refractivity contribution < 1.29 is 40.3 Å². The van der Waals surface area contributed by atoms with Crippen LogP contribution in [0.25, 0.3) is 16.9 Å². The number of nitrogens with zero attached hydrogens (tertiary/aromatic N) is 4. The first-order valence-electron chi connectivity index (χ1n) is 10.4. The van der Waals surface area contributed by atoms with Crippen molar-refractivity contribution >= 4 is 28.8 Å². The third-order valence-electron chi connectivity index (χ3n) is 5.50. The number of carbonyl (C=O) groups excluding carboxylic acids is 2. The van der Waals surface area contributed by atoms with E-state index in [1.165, 1.54) is 16.3 Å². The second-order valence-electron chi connectivity index (χ2n) is 7.94. The van der Waals surface area contributed by atoms with Crippen LogP contribution in [0.5, 0.6) is 0 Å². The van der Waals surface area contributed by atoms with Crippen LogP contribution in [-0.4, -0.2) is 57.7 Å². The molecular formula is C21H15F7N6O3. The van der Waals surface area contributed by atoms with Crippen molar-refractivity contribution in [3.8, 4) is 5.82 Å². The number of nitrogens with one attached hydrogen (secondary N) is 2. The Morgan fingerprint density at radius 3 is 2.46 bits per heavy atom. The summed E-state index contributed by atoms with van der Waals surface area (Å²) in [6.07, 6.45) is -4.76. The monoisotopic (exact) mass is 532 g/mol. The van der Waals surface area contributed by atoms with Gasteiger partial charge in [0.1, 0.15) is 17.2 Å². The number of aromatic nitrogens is 3. The van der Waals surface area contributed by atoms with Gasteiger partial charge in [0.25, 0.3) is 5.91 Å². The summed E-state index contributed by atoms with van der Waals surface area (Å²) in [5.74, 6) is -9.98. The third kappa shape index (κ3) is 4.53. The van der Waals surface area contributed by atoms with E-state index in [1.54, 1.807) is 0 Å². The van der Waals surface area contributed by atoms with Crippen LogP contribution >= 0.6 is 0 Å². The Hall–Kier alpha value is -4.24. The van der Waals surface area contributed by atoms with Crippen molar-refractivity contribution in [3.63, 3.8) is 0 Å². The maximum absolute atomic E-state index is 14.6. The maximum atomic E-state index is 14.6. The average Bonchev–Trinajstić information content (AvgIpc) is 3.24. The minimum absolute atomic E-state index is 0.00816. The van der Waals surface area contributed by atoms with Gasteiger partial charge in [0, 0.05) is 25.4 Å².